The number of thioether (sulfide) groups is 1. The smallest absolute Gasteiger partial charge is 0.317 e. The highest BCUT2D eigenvalue weighted by Crippen LogP contribution is 2.60. The maximum Gasteiger partial charge on any atom is 0.317 e. The first-order chi connectivity index (χ1) is 16.2. The highest BCUT2D eigenvalue weighted by Gasteiger charge is 2.55. The van der Waals surface area contributed by atoms with Gasteiger partial charge in [-0.05, 0) is 108 Å². The molecule has 8 nitrogen and oxygen atoms in total. The molecule has 0 atom stereocenters. The summed E-state index contributed by atoms with van der Waals surface area (Å²) in [6.45, 7) is -0.464. The van der Waals surface area contributed by atoms with E-state index < -0.39 is 29.0 Å². The quantitative estimate of drug-likeness (QED) is 0.323. The van der Waals surface area contributed by atoms with Gasteiger partial charge in [0, 0.05) is 0 Å². The van der Waals surface area contributed by atoms with E-state index in [1.807, 2.05) is 0 Å². The average Bonchev–Trinajstić information content (AvgIpc) is 3.01. The molecular weight excluding hydrogens is 524 g/mol. The van der Waals surface area contributed by atoms with Crippen LogP contribution in [0.5, 0.6) is 11.5 Å². The van der Waals surface area contributed by atoms with Crippen LogP contribution in [0.2, 0.25) is 0 Å². The minimum absolute atomic E-state index is 0.165. The lowest BCUT2D eigenvalue weighted by Gasteiger charge is -2.55. The number of benzene rings is 1. The van der Waals surface area contributed by atoms with Crippen LogP contribution in [0.25, 0.3) is 6.08 Å². The molecule has 1 aliphatic heterocycles. The Labute approximate surface area is 209 Å². The lowest BCUT2D eigenvalue weighted by molar-refractivity contribution is -0.161. The zero-order valence-corrected chi connectivity index (χ0v) is 21.1. The number of hydrogen-bond donors (Lipinski definition) is 1. The molecule has 2 N–H and O–H groups in total. The summed E-state index contributed by atoms with van der Waals surface area (Å²) in [5.41, 5.74) is 5.29. The zero-order chi connectivity index (χ0) is 24.2. The third-order valence-corrected chi connectivity index (χ3v) is 8.90. The number of nitrogens with zero attached hydrogens (tertiary/aromatic N) is 1. The summed E-state index contributed by atoms with van der Waals surface area (Å²) in [6.07, 6.45) is 7.94. The summed E-state index contributed by atoms with van der Waals surface area (Å²) in [5, 5.41) is -0.554. The summed E-state index contributed by atoms with van der Waals surface area (Å²) in [5.74, 6) is 0.979. The first-order valence-corrected chi connectivity index (χ1v) is 12.9. The SMILES string of the molecule is COc1cc(/C=C2\SC(=O)N(CC(N)=O)C2=O)cc(Br)c1OC(=O)C12CC3CC(CC(C3)C1)C2. The first kappa shape index (κ1) is 23.4. The molecule has 4 bridgehead atoms. The lowest BCUT2D eigenvalue weighted by Crippen LogP contribution is -2.51. The van der Waals surface area contributed by atoms with E-state index in [9.17, 15) is 19.2 Å². The average molecular weight is 549 g/mol. The van der Waals surface area contributed by atoms with E-state index in [1.165, 1.54) is 32.4 Å². The van der Waals surface area contributed by atoms with Crippen molar-refractivity contribution in [1.82, 2.24) is 4.90 Å². The Bertz CT molecular complexity index is 1100. The van der Waals surface area contributed by atoms with Crippen molar-refractivity contribution >= 4 is 56.8 Å². The summed E-state index contributed by atoms with van der Waals surface area (Å²) in [6, 6.07) is 3.35. The Kier molecular flexibility index (Phi) is 6.00. The van der Waals surface area contributed by atoms with E-state index >= 15 is 0 Å². The predicted molar refractivity (Wildman–Crippen MR) is 129 cm³/mol. The maximum absolute atomic E-state index is 13.4. The fourth-order valence-corrected chi connectivity index (χ4v) is 7.81. The molecule has 0 aromatic heterocycles. The number of methoxy groups -OCH3 is 1. The van der Waals surface area contributed by atoms with Crippen molar-refractivity contribution in [2.45, 2.75) is 38.5 Å². The third-order valence-electron chi connectivity index (χ3n) is 7.40. The van der Waals surface area contributed by atoms with Crippen molar-refractivity contribution in [3.8, 4) is 11.5 Å². The largest absolute Gasteiger partial charge is 0.493 e. The fourth-order valence-electron chi connectivity index (χ4n) is 6.43. The van der Waals surface area contributed by atoms with Gasteiger partial charge in [-0.15, -0.1) is 0 Å². The molecule has 34 heavy (non-hydrogen) atoms. The second-order valence-electron chi connectivity index (χ2n) is 9.86. The van der Waals surface area contributed by atoms with Crippen LogP contribution in [0.3, 0.4) is 0 Å². The number of halogens is 1. The van der Waals surface area contributed by atoms with Crippen LogP contribution in [0, 0.1) is 23.2 Å². The van der Waals surface area contributed by atoms with Gasteiger partial charge in [-0.25, -0.2) is 0 Å². The normalized spacial score (nSPS) is 30.8. The number of esters is 1. The van der Waals surface area contributed by atoms with Gasteiger partial charge in [0.15, 0.2) is 11.5 Å². The number of nitrogens with two attached hydrogens (primary N) is 1. The van der Waals surface area contributed by atoms with Crippen LogP contribution >= 0.6 is 27.7 Å². The molecule has 1 saturated heterocycles. The molecule has 180 valence electrons. The summed E-state index contributed by atoms with van der Waals surface area (Å²) in [4.78, 5) is 50.1. The Morgan fingerprint density at radius 3 is 2.35 bits per heavy atom. The van der Waals surface area contributed by atoms with E-state index in [0.29, 0.717) is 39.3 Å². The van der Waals surface area contributed by atoms with E-state index in [2.05, 4.69) is 15.9 Å². The maximum atomic E-state index is 13.4. The number of primary amides is 1. The van der Waals surface area contributed by atoms with Crippen LogP contribution in [-0.2, 0) is 14.4 Å². The molecule has 5 aliphatic rings. The van der Waals surface area contributed by atoms with Crippen molar-refractivity contribution in [2.24, 2.45) is 28.9 Å². The number of hydrogen-bond acceptors (Lipinski definition) is 7. The van der Waals surface area contributed by atoms with Gasteiger partial charge in [0.05, 0.1) is 21.9 Å². The van der Waals surface area contributed by atoms with Gasteiger partial charge in [0.1, 0.15) is 6.54 Å². The Hall–Kier alpha value is -2.33. The number of ether oxygens (including phenoxy) is 2. The second-order valence-corrected chi connectivity index (χ2v) is 11.7. The van der Waals surface area contributed by atoms with E-state index in [1.54, 1.807) is 12.1 Å². The number of amides is 3. The number of carbonyl (C=O) groups is 4. The molecule has 0 unspecified atom stereocenters. The molecular formula is C24H25BrN2O6S. The summed E-state index contributed by atoms with van der Waals surface area (Å²) < 4.78 is 12.0. The Balaban J connectivity index is 1.38. The molecule has 1 heterocycles. The van der Waals surface area contributed by atoms with Crippen LogP contribution in [0.1, 0.15) is 44.1 Å². The molecule has 6 rings (SSSR count). The van der Waals surface area contributed by atoms with Crippen LogP contribution in [-0.4, -0.2) is 41.6 Å². The van der Waals surface area contributed by atoms with Gasteiger partial charge in [-0.2, -0.15) is 0 Å². The molecule has 0 spiro atoms. The summed E-state index contributed by atoms with van der Waals surface area (Å²) >= 11 is 4.22. The lowest BCUT2D eigenvalue weighted by atomic mass is 9.49. The van der Waals surface area contributed by atoms with E-state index in [-0.39, 0.29) is 10.9 Å². The van der Waals surface area contributed by atoms with Gasteiger partial charge < -0.3 is 15.2 Å². The predicted octanol–water partition coefficient (Wildman–Crippen LogP) is 4.10. The highest BCUT2D eigenvalue weighted by molar-refractivity contribution is 9.10. The fraction of sp³-hybridized carbons (Fsp3) is 0.500. The standard InChI is InChI=1S/C24H25BrN2O6S/c1-32-17-6-12(7-18-21(29)27(11-19(26)28)23(31)34-18)5-16(25)20(17)33-22(30)24-8-13-2-14(9-24)4-15(3-13)10-24/h5-7,13-15H,2-4,8-11H2,1H3,(H2,26,28)/b18-7-. The van der Waals surface area contributed by atoms with Crippen LogP contribution < -0.4 is 15.2 Å². The van der Waals surface area contributed by atoms with E-state index in [4.69, 9.17) is 15.2 Å². The van der Waals surface area contributed by atoms with E-state index in [0.717, 1.165) is 35.9 Å². The molecule has 4 saturated carbocycles. The Morgan fingerprint density at radius 1 is 1.18 bits per heavy atom. The monoisotopic (exact) mass is 548 g/mol. The van der Waals surface area contributed by atoms with Crippen molar-refractivity contribution in [3.05, 3.63) is 27.1 Å². The van der Waals surface area contributed by atoms with Gasteiger partial charge in [0.25, 0.3) is 11.1 Å². The van der Waals surface area contributed by atoms with Gasteiger partial charge in [0.2, 0.25) is 5.91 Å². The van der Waals surface area contributed by atoms with Gasteiger partial charge >= 0.3 is 5.97 Å². The molecule has 5 fully saturated rings. The minimum atomic E-state index is -0.766. The van der Waals surface area contributed by atoms with Crippen molar-refractivity contribution in [3.63, 3.8) is 0 Å². The molecule has 10 heteroatoms. The molecule has 3 amide bonds. The number of imide groups is 1. The number of carbonyl (C=O) groups excluding carboxylic acids is 4. The number of rotatable bonds is 6. The summed E-state index contributed by atoms with van der Waals surface area (Å²) in [7, 11) is 1.48. The molecule has 0 radical (unpaired) electrons. The van der Waals surface area contributed by atoms with Crippen molar-refractivity contribution in [2.75, 3.05) is 13.7 Å². The van der Waals surface area contributed by atoms with Crippen LogP contribution in [0.15, 0.2) is 21.5 Å². The van der Waals surface area contributed by atoms with Crippen molar-refractivity contribution in [1.29, 1.82) is 0 Å². The van der Waals surface area contributed by atoms with Gasteiger partial charge in [-0.3, -0.25) is 24.1 Å². The second kappa shape index (κ2) is 8.71. The van der Waals surface area contributed by atoms with Gasteiger partial charge in [-0.1, -0.05) is 0 Å². The van der Waals surface area contributed by atoms with Crippen molar-refractivity contribution < 1.29 is 28.7 Å². The molecule has 1 aromatic carbocycles. The minimum Gasteiger partial charge on any atom is -0.493 e. The Morgan fingerprint density at radius 2 is 1.79 bits per heavy atom. The van der Waals surface area contributed by atoms with Crippen LogP contribution in [0.4, 0.5) is 4.79 Å². The topological polar surface area (TPSA) is 116 Å². The first-order valence-electron chi connectivity index (χ1n) is 11.3. The molecule has 1 aromatic rings. The third kappa shape index (κ3) is 4.15. The zero-order valence-electron chi connectivity index (χ0n) is 18.7. The molecule has 4 aliphatic carbocycles. The highest BCUT2D eigenvalue weighted by atomic mass is 79.9.